The fourth-order valence-corrected chi connectivity index (χ4v) is 2.03. The van der Waals surface area contributed by atoms with E-state index in [2.05, 4.69) is 92.9 Å². The lowest BCUT2D eigenvalue weighted by atomic mass is 10.2. The highest BCUT2D eigenvalue weighted by atomic mass is 16.3. The van der Waals surface area contributed by atoms with E-state index in [0.29, 0.717) is 6.61 Å². The molecule has 0 aliphatic carbocycles. The SMILES string of the molecule is C=C/C(C)=C/CC=C(C)C.C=C/C(C)=C\CC=C(C)C.CCC/C=C/CO.CCCCCCO. The van der Waals surface area contributed by atoms with E-state index < -0.39 is 0 Å². The van der Waals surface area contributed by atoms with Gasteiger partial charge in [0.05, 0.1) is 6.61 Å². The van der Waals surface area contributed by atoms with Crippen LogP contribution in [0.15, 0.2) is 84.1 Å². The van der Waals surface area contributed by atoms with Crippen LogP contribution in [0.1, 0.15) is 107 Å². The Balaban J connectivity index is -0.000000179. The van der Waals surface area contributed by atoms with E-state index in [1.807, 2.05) is 18.2 Å². The van der Waals surface area contributed by atoms with Crippen molar-refractivity contribution in [3.8, 4) is 0 Å². The molecule has 0 fully saturated rings. The maximum atomic E-state index is 8.29. The molecule has 0 aromatic heterocycles. The zero-order chi connectivity index (χ0) is 27.0. The third-order valence-corrected chi connectivity index (χ3v) is 4.31. The Labute approximate surface area is 214 Å². The summed E-state index contributed by atoms with van der Waals surface area (Å²) < 4.78 is 0. The molecule has 2 N–H and O–H groups in total. The van der Waals surface area contributed by atoms with E-state index in [9.17, 15) is 0 Å². The summed E-state index contributed by atoms with van der Waals surface area (Å²) in [5, 5.41) is 16.5. The second-order valence-corrected chi connectivity index (χ2v) is 8.57. The molecule has 0 saturated carbocycles. The van der Waals surface area contributed by atoms with Gasteiger partial charge < -0.3 is 10.2 Å². The summed E-state index contributed by atoms with van der Waals surface area (Å²) in [6.07, 6.45) is 25.2. The van der Waals surface area contributed by atoms with Crippen molar-refractivity contribution in [3.05, 3.63) is 84.1 Å². The Kier molecular flexibility index (Phi) is 41.3. The molecule has 0 aliphatic heterocycles. The van der Waals surface area contributed by atoms with Crippen LogP contribution in [0.3, 0.4) is 0 Å². The largest absolute Gasteiger partial charge is 0.396 e. The molecule has 0 amide bonds. The van der Waals surface area contributed by atoms with Crippen LogP contribution in [-0.2, 0) is 0 Å². The predicted octanol–water partition coefficient (Wildman–Crippen LogP) is 9.84. The van der Waals surface area contributed by atoms with E-state index in [1.54, 1.807) is 6.08 Å². The first kappa shape index (κ1) is 39.3. The summed E-state index contributed by atoms with van der Waals surface area (Å²) in [5.74, 6) is 0. The normalized spacial score (nSPS) is 10.5. The molecule has 0 aromatic carbocycles. The van der Waals surface area contributed by atoms with Crippen LogP contribution < -0.4 is 0 Å². The topological polar surface area (TPSA) is 40.5 Å². The van der Waals surface area contributed by atoms with Crippen molar-refractivity contribution in [2.45, 2.75) is 107 Å². The smallest absolute Gasteiger partial charge is 0.0612 e. The van der Waals surface area contributed by atoms with Crippen LogP contribution in [0, 0.1) is 0 Å². The molecule has 0 radical (unpaired) electrons. The summed E-state index contributed by atoms with van der Waals surface area (Å²) in [6.45, 7) is 24.7. The van der Waals surface area contributed by atoms with Crippen molar-refractivity contribution in [2.24, 2.45) is 0 Å². The summed E-state index contributed by atoms with van der Waals surface area (Å²) in [7, 11) is 0. The van der Waals surface area contributed by atoms with Crippen molar-refractivity contribution in [1.29, 1.82) is 0 Å². The van der Waals surface area contributed by atoms with Crippen molar-refractivity contribution in [3.63, 3.8) is 0 Å². The van der Waals surface area contributed by atoms with Gasteiger partial charge in [0.2, 0.25) is 0 Å². The van der Waals surface area contributed by atoms with Crippen LogP contribution in [-0.4, -0.2) is 23.4 Å². The molecule has 0 heterocycles. The van der Waals surface area contributed by atoms with Crippen molar-refractivity contribution < 1.29 is 10.2 Å². The molecular weight excluding hydrogens is 416 g/mol. The molecule has 0 spiro atoms. The molecule has 0 unspecified atom stereocenters. The Bertz CT molecular complexity index is 534. The molecule has 0 aliphatic rings. The second-order valence-electron chi connectivity index (χ2n) is 8.57. The van der Waals surface area contributed by atoms with Gasteiger partial charge in [0.1, 0.15) is 0 Å². The third-order valence-electron chi connectivity index (χ3n) is 4.31. The molecule has 0 atom stereocenters. The zero-order valence-corrected chi connectivity index (χ0v) is 24.0. The molecule has 2 nitrogen and oxygen atoms in total. The first-order valence-electron chi connectivity index (χ1n) is 12.9. The number of unbranched alkanes of at least 4 members (excludes halogenated alkanes) is 4. The van der Waals surface area contributed by atoms with Crippen LogP contribution in [0.5, 0.6) is 0 Å². The minimum absolute atomic E-state index is 0.181. The second kappa shape index (κ2) is 35.7. The van der Waals surface area contributed by atoms with E-state index in [4.69, 9.17) is 10.2 Å². The Morgan fingerprint density at radius 2 is 1.09 bits per heavy atom. The first-order chi connectivity index (χ1) is 16.2. The van der Waals surface area contributed by atoms with Gasteiger partial charge in [0, 0.05) is 6.61 Å². The maximum absolute atomic E-state index is 8.29. The van der Waals surface area contributed by atoms with Gasteiger partial charge in [0.15, 0.2) is 0 Å². The molecule has 0 aromatic rings. The van der Waals surface area contributed by atoms with Gasteiger partial charge in [-0.05, 0) is 67.2 Å². The number of aliphatic hydroxyl groups excluding tert-OH is 2. The standard InChI is InChI=1S/2C10H16.C6H14O.C6H12O/c2*1-5-10(4)8-6-7-9(2)3;2*1-2-3-4-5-6-7/h2*5,7-8H,1,6H2,2-4H3;7H,2-6H2,1H3;4-5,7H,2-3,6H2,1H3/b10-8+;10-8-;;5-4+. The number of allylic oxidation sites excluding steroid dienone is 11. The van der Waals surface area contributed by atoms with E-state index in [0.717, 1.165) is 32.1 Å². The summed E-state index contributed by atoms with van der Waals surface area (Å²) >= 11 is 0. The van der Waals surface area contributed by atoms with Crippen LogP contribution in [0.4, 0.5) is 0 Å². The summed E-state index contributed by atoms with van der Waals surface area (Å²) in [6, 6.07) is 0. The van der Waals surface area contributed by atoms with Gasteiger partial charge >= 0.3 is 0 Å². The highest BCUT2D eigenvalue weighted by Crippen LogP contribution is 2.00. The summed E-state index contributed by atoms with van der Waals surface area (Å²) in [5.41, 5.74) is 5.23. The Morgan fingerprint density at radius 3 is 1.38 bits per heavy atom. The van der Waals surface area contributed by atoms with Gasteiger partial charge in [-0.1, -0.05) is 124 Å². The number of hydrogen-bond acceptors (Lipinski definition) is 2. The number of aliphatic hydroxyl groups is 2. The van der Waals surface area contributed by atoms with Crippen molar-refractivity contribution in [2.75, 3.05) is 13.2 Å². The van der Waals surface area contributed by atoms with Gasteiger partial charge in [-0.3, -0.25) is 0 Å². The van der Waals surface area contributed by atoms with E-state index in [-0.39, 0.29) is 6.61 Å². The summed E-state index contributed by atoms with van der Waals surface area (Å²) in [4.78, 5) is 0. The molecule has 0 saturated heterocycles. The third kappa shape index (κ3) is 52.2. The van der Waals surface area contributed by atoms with Crippen LogP contribution in [0.2, 0.25) is 0 Å². The van der Waals surface area contributed by atoms with Gasteiger partial charge in [-0.25, -0.2) is 0 Å². The van der Waals surface area contributed by atoms with Gasteiger partial charge in [-0.2, -0.15) is 0 Å². The molecule has 198 valence electrons. The van der Waals surface area contributed by atoms with Crippen LogP contribution >= 0.6 is 0 Å². The fourth-order valence-electron chi connectivity index (χ4n) is 2.03. The van der Waals surface area contributed by atoms with E-state index >= 15 is 0 Å². The average molecular weight is 475 g/mol. The first-order valence-corrected chi connectivity index (χ1v) is 12.9. The molecule has 2 heteroatoms. The predicted molar refractivity (Wildman–Crippen MR) is 158 cm³/mol. The Hall–Kier alpha value is -1.90. The highest BCUT2D eigenvalue weighted by molar-refractivity contribution is 5.15. The lowest BCUT2D eigenvalue weighted by Crippen LogP contribution is -1.80. The zero-order valence-electron chi connectivity index (χ0n) is 24.0. The van der Waals surface area contributed by atoms with Crippen LogP contribution in [0.25, 0.3) is 0 Å². The lowest BCUT2D eigenvalue weighted by Gasteiger charge is -1.90. The molecule has 34 heavy (non-hydrogen) atoms. The Morgan fingerprint density at radius 1 is 0.618 bits per heavy atom. The number of hydrogen-bond donors (Lipinski definition) is 2. The van der Waals surface area contributed by atoms with E-state index in [1.165, 1.54) is 41.6 Å². The fraction of sp³-hybridized carbons (Fsp3) is 0.562. The quantitative estimate of drug-likeness (QED) is 0.158. The monoisotopic (exact) mass is 474 g/mol. The molecule has 0 rings (SSSR count). The van der Waals surface area contributed by atoms with Gasteiger partial charge in [-0.15, -0.1) is 0 Å². The average Bonchev–Trinajstić information content (AvgIpc) is 2.80. The lowest BCUT2D eigenvalue weighted by molar-refractivity contribution is 0.283. The maximum Gasteiger partial charge on any atom is 0.0612 e. The number of rotatable bonds is 13. The minimum Gasteiger partial charge on any atom is -0.396 e. The van der Waals surface area contributed by atoms with Crippen molar-refractivity contribution in [1.82, 2.24) is 0 Å². The molecule has 0 bridgehead atoms. The molecular formula is C32H58O2. The van der Waals surface area contributed by atoms with Crippen molar-refractivity contribution >= 4 is 0 Å². The minimum atomic E-state index is 0.181. The highest BCUT2D eigenvalue weighted by Gasteiger charge is 1.81. The van der Waals surface area contributed by atoms with Gasteiger partial charge in [0.25, 0.3) is 0 Å².